The number of esters is 1. The zero-order valence-corrected chi connectivity index (χ0v) is 11.3. The molecule has 7 heteroatoms. The molecule has 0 aromatic heterocycles. The number of nitrogens with zero attached hydrogens (tertiary/aromatic N) is 2. The van der Waals surface area contributed by atoms with E-state index >= 15 is 0 Å². The molecule has 0 spiro atoms. The van der Waals surface area contributed by atoms with Gasteiger partial charge in [-0.1, -0.05) is 0 Å². The van der Waals surface area contributed by atoms with Gasteiger partial charge in [0.15, 0.2) is 0 Å². The number of amides is 2. The van der Waals surface area contributed by atoms with E-state index in [2.05, 4.69) is 0 Å². The van der Waals surface area contributed by atoms with Crippen LogP contribution in [-0.2, 0) is 19.1 Å². The molecule has 1 atom stereocenters. The Hall–Kier alpha value is -1.63. The Morgan fingerprint density at radius 2 is 1.84 bits per heavy atom. The van der Waals surface area contributed by atoms with Gasteiger partial charge in [0, 0.05) is 13.1 Å². The molecular formula is C12H20N2O5. The number of piperazine rings is 1. The van der Waals surface area contributed by atoms with Gasteiger partial charge < -0.3 is 19.6 Å². The van der Waals surface area contributed by atoms with E-state index in [0.717, 1.165) is 0 Å². The third-order valence-electron chi connectivity index (χ3n) is 2.88. The average molecular weight is 272 g/mol. The zero-order valence-electron chi connectivity index (χ0n) is 11.3. The molecule has 0 aromatic carbocycles. The summed E-state index contributed by atoms with van der Waals surface area (Å²) in [7, 11) is 0. The van der Waals surface area contributed by atoms with Crippen molar-refractivity contribution in [3.8, 4) is 0 Å². The fraction of sp³-hybridized carbons (Fsp3) is 0.750. The molecule has 19 heavy (non-hydrogen) atoms. The number of ether oxygens (including phenoxy) is 1. The monoisotopic (exact) mass is 272 g/mol. The Kier molecular flexibility index (Phi) is 5.75. The van der Waals surface area contributed by atoms with Crippen LogP contribution in [0.5, 0.6) is 0 Å². The highest BCUT2D eigenvalue weighted by molar-refractivity contribution is 5.92. The van der Waals surface area contributed by atoms with Crippen molar-refractivity contribution in [1.82, 2.24) is 9.80 Å². The smallest absolute Gasteiger partial charge is 0.308 e. The second-order valence-corrected chi connectivity index (χ2v) is 4.35. The summed E-state index contributed by atoms with van der Waals surface area (Å²) in [5, 5.41) is 9.71. The van der Waals surface area contributed by atoms with Gasteiger partial charge in [-0.2, -0.15) is 0 Å². The summed E-state index contributed by atoms with van der Waals surface area (Å²) in [6.07, 6.45) is -1.19. The molecule has 2 amide bonds. The molecule has 7 nitrogen and oxygen atoms in total. The number of hydrogen-bond donors (Lipinski definition) is 1. The number of carbonyl (C=O) groups is 3. The van der Waals surface area contributed by atoms with Gasteiger partial charge in [-0.25, -0.2) is 0 Å². The lowest BCUT2D eigenvalue weighted by atomic mass is 10.2. The van der Waals surface area contributed by atoms with Crippen LogP contribution in [0.1, 0.15) is 20.3 Å². The van der Waals surface area contributed by atoms with Crippen molar-refractivity contribution in [3.05, 3.63) is 0 Å². The van der Waals surface area contributed by atoms with Gasteiger partial charge in [-0.05, 0) is 13.8 Å². The van der Waals surface area contributed by atoms with E-state index in [4.69, 9.17) is 4.74 Å². The van der Waals surface area contributed by atoms with Crippen LogP contribution < -0.4 is 0 Å². The quantitative estimate of drug-likeness (QED) is 0.626. The number of β-amino-alcohol motifs (C(OH)–C–C–N with tert-alkyl or cyclic N) is 1. The predicted molar refractivity (Wildman–Crippen MR) is 66.1 cm³/mol. The fourth-order valence-electron chi connectivity index (χ4n) is 1.89. The number of rotatable bonds is 6. The molecule has 0 aromatic rings. The molecular weight excluding hydrogens is 252 g/mol. The summed E-state index contributed by atoms with van der Waals surface area (Å²) in [6, 6.07) is 0. The first-order valence-corrected chi connectivity index (χ1v) is 6.37. The van der Waals surface area contributed by atoms with Crippen LogP contribution in [0.15, 0.2) is 0 Å². The molecule has 1 aliphatic rings. The molecule has 1 saturated heterocycles. The van der Waals surface area contributed by atoms with Crippen LogP contribution in [-0.4, -0.2) is 71.6 Å². The minimum absolute atomic E-state index is 0.0268. The molecule has 1 aliphatic heterocycles. The molecule has 0 bridgehead atoms. The normalized spacial score (nSPS) is 17.6. The summed E-state index contributed by atoms with van der Waals surface area (Å²) in [6.45, 7) is 4.17. The Morgan fingerprint density at radius 1 is 1.26 bits per heavy atom. The highest BCUT2D eigenvalue weighted by atomic mass is 16.5. The molecule has 1 N–H and O–H groups in total. The van der Waals surface area contributed by atoms with Crippen LogP contribution in [0.4, 0.5) is 0 Å². The minimum atomic E-state index is -1.01. The lowest BCUT2D eigenvalue weighted by Gasteiger charge is -2.34. The Bertz CT molecular complexity index is 358. The second-order valence-electron chi connectivity index (χ2n) is 4.35. The van der Waals surface area contributed by atoms with Crippen molar-refractivity contribution in [1.29, 1.82) is 0 Å². The van der Waals surface area contributed by atoms with E-state index in [0.29, 0.717) is 6.54 Å². The van der Waals surface area contributed by atoms with Crippen molar-refractivity contribution in [2.24, 2.45) is 0 Å². The Labute approximate surface area is 112 Å². The van der Waals surface area contributed by atoms with E-state index in [1.165, 1.54) is 9.80 Å². The van der Waals surface area contributed by atoms with Crippen LogP contribution in [0.25, 0.3) is 0 Å². The molecule has 1 heterocycles. The molecule has 0 radical (unpaired) electrons. The summed E-state index contributed by atoms with van der Waals surface area (Å²) >= 11 is 0. The van der Waals surface area contributed by atoms with E-state index < -0.39 is 12.1 Å². The first kappa shape index (κ1) is 15.4. The van der Waals surface area contributed by atoms with Crippen molar-refractivity contribution in [2.75, 3.05) is 32.8 Å². The molecule has 1 fully saturated rings. The Balaban J connectivity index is 2.46. The maximum Gasteiger partial charge on any atom is 0.308 e. The SMILES string of the molecule is CCOC(=O)CC(O)CN1CC(=O)N(CC)CC1=O. The molecule has 0 saturated carbocycles. The number of aliphatic hydroxyl groups is 1. The first-order chi connectivity index (χ1) is 8.97. The molecule has 0 aliphatic carbocycles. The van der Waals surface area contributed by atoms with Gasteiger partial charge in [-0.3, -0.25) is 14.4 Å². The van der Waals surface area contributed by atoms with Crippen LogP contribution >= 0.6 is 0 Å². The average Bonchev–Trinajstić information content (AvgIpc) is 2.33. The third kappa shape index (κ3) is 4.51. The van der Waals surface area contributed by atoms with Gasteiger partial charge >= 0.3 is 5.97 Å². The molecule has 1 rings (SSSR count). The van der Waals surface area contributed by atoms with Crippen molar-refractivity contribution in [3.63, 3.8) is 0 Å². The van der Waals surface area contributed by atoms with E-state index in [-0.39, 0.29) is 44.5 Å². The lowest BCUT2D eigenvalue weighted by Crippen LogP contribution is -2.55. The van der Waals surface area contributed by atoms with E-state index in [9.17, 15) is 19.5 Å². The van der Waals surface area contributed by atoms with Gasteiger partial charge in [0.25, 0.3) is 0 Å². The number of carbonyl (C=O) groups excluding carboxylic acids is 3. The second kappa shape index (κ2) is 7.08. The van der Waals surface area contributed by atoms with Crippen molar-refractivity contribution in [2.45, 2.75) is 26.4 Å². The standard InChI is InChI=1S/C12H20N2O5/c1-3-13-7-11(17)14(8-10(13)16)6-9(15)5-12(18)19-4-2/h9,15H,3-8H2,1-2H3. The summed E-state index contributed by atoms with van der Waals surface area (Å²) < 4.78 is 4.71. The van der Waals surface area contributed by atoms with Gasteiger partial charge in [0.2, 0.25) is 11.8 Å². The van der Waals surface area contributed by atoms with E-state index in [1.54, 1.807) is 13.8 Å². The lowest BCUT2D eigenvalue weighted by molar-refractivity contribution is -0.152. The summed E-state index contributed by atoms with van der Waals surface area (Å²) in [4.78, 5) is 37.3. The topological polar surface area (TPSA) is 87.2 Å². The minimum Gasteiger partial charge on any atom is -0.466 e. The first-order valence-electron chi connectivity index (χ1n) is 6.37. The zero-order chi connectivity index (χ0) is 14.4. The third-order valence-corrected chi connectivity index (χ3v) is 2.88. The number of likely N-dealkylation sites (N-methyl/N-ethyl adjacent to an activating group) is 1. The Morgan fingerprint density at radius 3 is 2.42 bits per heavy atom. The highest BCUT2D eigenvalue weighted by Gasteiger charge is 2.30. The predicted octanol–water partition coefficient (Wildman–Crippen LogP) is -1.01. The van der Waals surface area contributed by atoms with Crippen molar-refractivity contribution >= 4 is 17.8 Å². The van der Waals surface area contributed by atoms with Crippen molar-refractivity contribution < 1.29 is 24.2 Å². The largest absolute Gasteiger partial charge is 0.466 e. The fourth-order valence-corrected chi connectivity index (χ4v) is 1.89. The van der Waals surface area contributed by atoms with Gasteiger partial charge in [0.1, 0.15) is 0 Å². The van der Waals surface area contributed by atoms with Crippen LogP contribution in [0.2, 0.25) is 0 Å². The highest BCUT2D eigenvalue weighted by Crippen LogP contribution is 2.07. The van der Waals surface area contributed by atoms with Gasteiger partial charge in [0.05, 0.1) is 32.2 Å². The van der Waals surface area contributed by atoms with Crippen LogP contribution in [0.3, 0.4) is 0 Å². The number of hydrogen-bond acceptors (Lipinski definition) is 5. The molecule has 108 valence electrons. The number of aliphatic hydroxyl groups excluding tert-OH is 1. The van der Waals surface area contributed by atoms with Crippen LogP contribution in [0, 0.1) is 0 Å². The summed E-state index contributed by atoms with van der Waals surface area (Å²) in [5.41, 5.74) is 0. The maximum absolute atomic E-state index is 11.8. The van der Waals surface area contributed by atoms with E-state index in [1.807, 2.05) is 0 Å². The summed E-state index contributed by atoms with van der Waals surface area (Å²) in [5.74, 6) is -0.879. The van der Waals surface area contributed by atoms with Gasteiger partial charge in [-0.15, -0.1) is 0 Å². The maximum atomic E-state index is 11.8. The molecule has 1 unspecified atom stereocenters.